The van der Waals surface area contributed by atoms with E-state index in [0.29, 0.717) is 28.6 Å². The average molecular weight is 301 g/mol. The van der Waals surface area contributed by atoms with Crippen molar-refractivity contribution < 1.29 is 14.3 Å². The highest BCUT2D eigenvalue weighted by Crippen LogP contribution is 2.29. The van der Waals surface area contributed by atoms with Gasteiger partial charge in [-0.25, -0.2) is 4.98 Å². The molecule has 0 unspecified atom stereocenters. The van der Waals surface area contributed by atoms with E-state index in [1.807, 2.05) is 14.1 Å². The summed E-state index contributed by atoms with van der Waals surface area (Å²) in [6, 6.07) is 8.67. The zero-order valence-corrected chi connectivity index (χ0v) is 13.1. The lowest BCUT2D eigenvalue weighted by Crippen LogP contribution is -2.19. The summed E-state index contributed by atoms with van der Waals surface area (Å²) < 4.78 is 10.4. The van der Waals surface area contributed by atoms with Gasteiger partial charge in [0.15, 0.2) is 0 Å². The molecular formula is C16H19N3O3. The number of carbonyl (C=O) groups excluding carboxylic acids is 1. The molecule has 116 valence electrons. The Balaban J connectivity index is 2.33. The molecule has 1 heterocycles. The van der Waals surface area contributed by atoms with Crippen molar-refractivity contribution in [2.24, 2.45) is 0 Å². The second kappa shape index (κ2) is 6.80. The quantitative estimate of drug-likeness (QED) is 0.919. The molecule has 2 aromatic rings. The van der Waals surface area contributed by atoms with Gasteiger partial charge >= 0.3 is 0 Å². The van der Waals surface area contributed by atoms with Crippen LogP contribution in [0.25, 0.3) is 0 Å². The van der Waals surface area contributed by atoms with Gasteiger partial charge in [-0.1, -0.05) is 0 Å². The van der Waals surface area contributed by atoms with Gasteiger partial charge in [0.1, 0.15) is 17.3 Å². The van der Waals surface area contributed by atoms with E-state index >= 15 is 0 Å². The molecule has 0 radical (unpaired) electrons. The van der Waals surface area contributed by atoms with Crippen molar-refractivity contribution in [3.05, 3.63) is 42.1 Å². The topological polar surface area (TPSA) is 63.7 Å². The summed E-state index contributed by atoms with van der Waals surface area (Å²) in [4.78, 5) is 18.5. The van der Waals surface area contributed by atoms with Gasteiger partial charge in [-0.3, -0.25) is 4.79 Å². The molecule has 22 heavy (non-hydrogen) atoms. The largest absolute Gasteiger partial charge is 0.497 e. The Hall–Kier alpha value is -2.76. The molecule has 1 aromatic carbocycles. The third-order valence-electron chi connectivity index (χ3n) is 3.11. The zero-order chi connectivity index (χ0) is 16.1. The SMILES string of the molecule is COc1ccc(OC)c(NC(=O)c2cccnc2N(C)C)c1. The highest BCUT2D eigenvalue weighted by atomic mass is 16.5. The third kappa shape index (κ3) is 3.28. The number of aromatic nitrogens is 1. The standard InChI is InChI=1S/C16H19N3O3/c1-19(2)15-12(6-5-9-17-15)16(20)18-13-10-11(21-3)7-8-14(13)22-4/h5-10H,1-4H3,(H,18,20). The molecule has 2 rings (SSSR count). The molecule has 6 heteroatoms. The smallest absolute Gasteiger partial charge is 0.259 e. The second-order valence-electron chi connectivity index (χ2n) is 4.79. The Bertz CT molecular complexity index is 671. The minimum absolute atomic E-state index is 0.261. The molecule has 0 saturated heterocycles. The van der Waals surface area contributed by atoms with Crippen LogP contribution >= 0.6 is 0 Å². The number of nitrogens with one attached hydrogen (secondary N) is 1. The highest BCUT2D eigenvalue weighted by molar-refractivity contribution is 6.08. The van der Waals surface area contributed by atoms with Crippen LogP contribution in [-0.2, 0) is 0 Å². The predicted octanol–water partition coefficient (Wildman–Crippen LogP) is 2.42. The van der Waals surface area contributed by atoms with Gasteiger partial charge in [-0.2, -0.15) is 0 Å². The molecule has 0 aliphatic rings. The van der Waals surface area contributed by atoms with Crippen molar-refractivity contribution in [1.29, 1.82) is 0 Å². The van der Waals surface area contributed by atoms with Crippen LogP contribution in [0.5, 0.6) is 11.5 Å². The fourth-order valence-corrected chi connectivity index (χ4v) is 2.03. The molecule has 1 N–H and O–H groups in total. The van der Waals surface area contributed by atoms with Crippen LogP contribution in [0, 0.1) is 0 Å². The average Bonchev–Trinajstić information content (AvgIpc) is 2.54. The molecule has 0 aliphatic carbocycles. The second-order valence-corrected chi connectivity index (χ2v) is 4.79. The van der Waals surface area contributed by atoms with Crippen molar-refractivity contribution >= 4 is 17.4 Å². The molecule has 0 spiro atoms. The van der Waals surface area contributed by atoms with Gasteiger partial charge in [0, 0.05) is 26.4 Å². The Kier molecular flexibility index (Phi) is 4.83. The maximum atomic E-state index is 12.5. The number of pyridine rings is 1. The van der Waals surface area contributed by atoms with Gasteiger partial charge in [0.25, 0.3) is 5.91 Å². The maximum Gasteiger partial charge on any atom is 0.259 e. The Morgan fingerprint density at radius 3 is 2.59 bits per heavy atom. The number of rotatable bonds is 5. The van der Waals surface area contributed by atoms with Crippen LogP contribution in [-0.4, -0.2) is 39.2 Å². The fraction of sp³-hybridized carbons (Fsp3) is 0.250. The summed E-state index contributed by atoms with van der Waals surface area (Å²) in [6.07, 6.45) is 1.65. The first-order chi connectivity index (χ1) is 10.6. The van der Waals surface area contributed by atoms with E-state index in [9.17, 15) is 4.79 Å². The molecule has 0 fully saturated rings. The third-order valence-corrected chi connectivity index (χ3v) is 3.11. The molecule has 1 amide bonds. The zero-order valence-electron chi connectivity index (χ0n) is 13.1. The van der Waals surface area contributed by atoms with Crippen LogP contribution in [0.2, 0.25) is 0 Å². The molecule has 0 aliphatic heterocycles. The van der Waals surface area contributed by atoms with E-state index in [4.69, 9.17) is 9.47 Å². The van der Waals surface area contributed by atoms with E-state index in [1.165, 1.54) is 0 Å². The predicted molar refractivity (Wildman–Crippen MR) is 86.1 cm³/mol. The lowest BCUT2D eigenvalue weighted by Gasteiger charge is -2.16. The Labute approximate surface area is 129 Å². The fourth-order valence-electron chi connectivity index (χ4n) is 2.03. The normalized spacial score (nSPS) is 10.0. The van der Waals surface area contributed by atoms with Crippen molar-refractivity contribution in [2.45, 2.75) is 0 Å². The van der Waals surface area contributed by atoms with E-state index in [0.717, 1.165) is 0 Å². The first-order valence-electron chi connectivity index (χ1n) is 6.72. The van der Waals surface area contributed by atoms with Crippen LogP contribution in [0.3, 0.4) is 0 Å². The number of hydrogen-bond acceptors (Lipinski definition) is 5. The lowest BCUT2D eigenvalue weighted by molar-refractivity contribution is 0.102. The van der Waals surface area contributed by atoms with Crippen molar-refractivity contribution in [3.63, 3.8) is 0 Å². The first-order valence-corrected chi connectivity index (χ1v) is 6.72. The van der Waals surface area contributed by atoms with E-state index in [1.54, 1.807) is 55.6 Å². The minimum Gasteiger partial charge on any atom is -0.497 e. The molecular weight excluding hydrogens is 282 g/mol. The summed E-state index contributed by atoms with van der Waals surface area (Å²) in [5.74, 6) is 1.53. The number of amides is 1. The number of ether oxygens (including phenoxy) is 2. The van der Waals surface area contributed by atoms with Crippen LogP contribution in [0.1, 0.15) is 10.4 Å². The highest BCUT2D eigenvalue weighted by Gasteiger charge is 2.16. The minimum atomic E-state index is -0.261. The van der Waals surface area contributed by atoms with E-state index in [2.05, 4.69) is 10.3 Å². The number of hydrogen-bond donors (Lipinski definition) is 1. The Morgan fingerprint density at radius 1 is 1.18 bits per heavy atom. The van der Waals surface area contributed by atoms with Crippen LogP contribution in [0.4, 0.5) is 11.5 Å². The van der Waals surface area contributed by atoms with Gasteiger partial charge in [-0.15, -0.1) is 0 Å². The summed E-state index contributed by atoms with van der Waals surface area (Å²) in [6.45, 7) is 0. The summed E-state index contributed by atoms with van der Waals surface area (Å²) in [5, 5.41) is 2.84. The van der Waals surface area contributed by atoms with Gasteiger partial charge in [-0.05, 0) is 24.3 Å². The van der Waals surface area contributed by atoms with Crippen molar-refractivity contribution in [1.82, 2.24) is 4.98 Å². The van der Waals surface area contributed by atoms with Crippen molar-refractivity contribution in [2.75, 3.05) is 38.5 Å². The van der Waals surface area contributed by atoms with Gasteiger partial charge < -0.3 is 19.7 Å². The summed E-state index contributed by atoms with van der Waals surface area (Å²) >= 11 is 0. The number of methoxy groups -OCH3 is 2. The lowest BCUT2D eigenvalue weighted by atomic mass is 10.2. The molecule has 0 atom stereocenters. The number of carbonyl (C=O) groups is 1. The molecule has 0 bridgehead atoms. The number of benzene rings is 1. The first kappa shape index (κ1) is 15.6. The van der Waals surface area contributed by atoms with Crippen LogP contribution in [0.15, 0.2) is 36.5 Å². The monoisotopic (exact) mass is 301 g/mol. The molecule has 6 nitrogen and oxygen atoms in total. The molecule has 0 saturated carbocycles. The van der Waals surface area contributed by atoms with E-state index in [-0.39, 0.29) is 5.91 Å². The summed E-state index contributed by atoms with van der Waals surface area (Å²) in [5.41, 5.74) is 1.03. The van der Waals surface area contributed by atoms with Gasteiger partial charge in [0.2, 0.25) is 0 Å². The number of anilines is 2. The van der Waals surface area contributed by atoms with E-state index < -0.39 is 0 Å². The van der Waals surface area contributed by atoms with Gasteiger partial charge in [0.05, 0.1) is 25.5 Å². The molecule has 1 aromatic heterocycles. The van der Waals surface area contributed by atoms with Crippen LogP contribution < -0.4 is 19.7 Å². The maximum absolute atomic E-state index is 12.5. The van der Waals surface area contributed by atoms with Crippen molar-refractivity contribution in [3.8, 4) is 11.5 Å². The summed E-state index contributed by atoms with van der Waals surface area (Å²) in [7, 11) is 6.79. The Morgan fingerprint density at radius 2 is 1.95 bits per heavy atom. The number of nitrogens with zero attached hydrogens (tertiary/aromatic N) is 2.